The maximum absolute atomic E-state index is 13.8. The molecule has 4 rings (SSSR count). The second kappa shape index (κ2) is 18.5. The van der Waals surface area contributed by atoms with Crippen molar-refractivity contribution in [1.29, 1.82) is 0 Å². The number of rotatable bonds is 18. The van der Waals surface area contributed by atoms with Crippen molar-refractivity contribution in [3.63, 3.8) is 0 Å². The number of likely N-dealkylation sites (N-methyl/N-ethyl adjacent to an activating group) is 4. The molecule has 3 amide bonds. The first-order valence-electron chi connectivity index (χ1n) is 18.6. The van der Waals surface area contributed by atoms with Crippen LogP contribution in [-0.2, 0) is 47.8 Å². The molecule has 19 nitrogen and oxygen atoms in total. The summed E-state index contributed by atoms with van der Waals surface area (Å²) >= 11 is 1.14. The second-order valence-corrected chi connectivity index (χ2v) is 16.3. The van der Waals surface area contributed by atoms with Crippen LogP contribution in [0.1, 0.15) is 26.7 Å². The second-order valence-electron chi connectivity index (χ2n) is 15.3. The van der Waals surface area contributed by atoms with Gasteiger partial charge in [0.15, 0.2) is 26.2 Å². The lowest BCUT2D eigenvalue weighted by atomic mass is 10.1. The zero-order valence-corrected chi connectivity index (χ0v) is 33.2. The lowest BCUT2D eigenvalue weighted by Crippen LogP contribution is -2.76. The van der Waals surface area contributed by atoms with Crippen molar-refractivity contribution in [1.82, 2.24) is 10.6 Å². The number of benzene rings is 1. The molecular formula is C36H55N7O12S+4. The quantitative estimate of drug-likeness (QED) is 0.0663. The summed E-state index contributed by atoms with van der Waals surface area (Å²) in [6.07, 6.45) is -1.84. The smallest absolute Gasteiger partial charge is 0.376 e. The summed E-state index contributed by atoms with van der Waals surface area (Å²) < 4.78 is 11.7. The largest absolute Gasteiger partial charge is 0.480 e. The molecule has 5 N–H and O–H groups in total. The number of carboxylic acids is 2. The van der Waals surface area contributed by atoms with E-state index in [0.717, 1.165) is 11.8 Å². The number of aliphatic carboxylic acids is 2. The Kier molecular flexibility index (Phi) is 14.6. The number of amides is 3. The van der Waals surface area contributed by atoms with E-state index in [1.54, 1.807) is 31.3 Å². The number of quaternary nitrogens is 4. The predicted octanol–water partition coefficient (Wildman–Crippen LogP) is -1.26. The number of aldehydes is 1. The van der Waals surface area contributed by atoms with Gasteiger partial charge in [0.25, 0.3) is 5.91 Å². The molecule has 0 saturated carbocycles. The van der Waals surface area contributed by atoms with E-state index in [1.807, 2.05) is 27.0 Å². The summed E-state index contributed by atoms with van der Waals surface area (Å²) in [5.41, 5.74) is 0.623. The summed E-state index contributed by atoms with van der Waals surface area (Å²) in [6, 6.07) is 6.43. The van der Waals surface area contributed by atoms with Crippen molar-refractivity contribution in [2.75, 3.05) is 96.4 Å². The molecule has 3 saturated heterocycles. The minimum Gasteiger partial charge on any atom is -0.480 e. The molecule has 0 aliphatic carbocycles. The van der Waals surface area contributed by atoms with Gasteiger partial charge in [-0.3, -0.25) is 14.4 Å². The fraction of sp³-hybridized carbons (Fsp3) is 0.611. The maximum Gasteiger partial charge on any atom is 0.376 e. The van der Waals surface area contributed by atoms with Crippen LogP contribution in [0.3, 0.4) is 0 Å². The van der Waals surface area contributed by atoms with Crippen molar-refractivity contribution < 1.29 is 76.0 Å². The molecule has 1 aromatic rings. The van der Waals surface area contributed by atoms with Crippen LogP contribution in [0, 0.1) is 0 Å². The number of esters is 2. The van der Waals surface area contributed by atoms with Crippen molar-refractivity contribution in [3.8, 4) is 0 Å². The molecular weight excluding hydrogens is 754 g/mol. The van der Waals surface area contributed by atoms with Gasteiger partial charge in [-0.1, -0.05) is 18.2 Å². The van der Waals surface area contributed by atoms with Gasteiger partial charge in [-0.15, -0.1) is 11.8 Å². The van der Waals surface area contributed by atoms with E-state index < -0.39 is 60.5 Å². The van der Waals surface area contributed by atoms with E-state index in [2.05, 4.69) is 16.0 Å². The Morgan fingerprint density at radius 3 is 1.88 bits per heavy atom. The lowest BCUT2D eigenvalue weighted by molar-refractivity contribution is -1.18. The third kappa shape index (κ3) is 10.6. The molecule has 3 aliphatic rings. The van der Waals surface area contributed by atoms with Crippen LogP contribution in [0.2, 0.25) is 0 Å². The molecule has 3 heterocycles. The van der Waals surface area contributed by atoms with Crippen LogP contribution in [0.15, 0.2) is 30.3 Å². The fourth-order valence-corrected chi connectivity index (χ4v) is 8.85. The number of hydrogen-bond acceptors (Lipinski definition) is 11. The first-order chi connectivity index (χ1) is 26.4. The lowest BCUT2D eigenvalue weighted by Gasteiger charge is -2.50. The van der Waals surface area contributed by atoms with Gasteiger partial charge in [0.05, 0.1) is 39.0 Å². The first kappa shape index (κ1) is 44.1. The van der Waals surface area contributed by atoms with Crippen LogP contribution in [0.25, 0.3) is 0 Å². The molecule has 8 atom stereocenters. The van der Waals surface area contributed by atoms with Gasteiger partial charge < -0.3 is 40.4 Å². The molecule has 3 fully saturated rings. The average Bonchev–Trinajstić information content (AvgIpc) is 3.63. The summed E-state index contributed by atoms with van der Waals surface area (Å²) in [5.74, 6) is -4.84. The van der Waals surface area contributed by atoms with Crippen molar-refractivity contribution in [2.24, 2.45) is 0 Å². The van der Waals surface area contributed by atoms with Crippen LogP contribution >= 0.6 is 11.8 Å². The Labute approximate surface area is 329 Å². The minimum absolute atomic E-state index is 0.0143. The molecule has 0 radical (unpaired) electrons. The molecule has 1 aromatic carbocycles. The number of hydrogen-bond donors (Lipinski definition) is 5. The standard InChI is InChI=1S/C36H51N7O12S/c1-5-42(16-14-41(4)21-33(51)55-36(41)43(6-2,19-31(48)49)17-15-40(3)20-32(50)54-35(40)42)18-29(46)39-27(34(52)53)12-13-28(45)38-26(22-44)23-56-24-30(47)37-25-10-8-7-9-11-25/h7-11,22,26-27,35-36H,5-6,12-21,23-24H2,1-4H3,(H-4,37,38,39,45,46,47,48,49,52,53)/p+4. The van der Waals surface area contributed by atoms with Gasteiger partial charge in [0.2, 0.25) is 11.8 Å². The van der Waals surface area contributed by atoms with E-state index in [9.17, 15) is 48.6 Å². The molecule has 0 spiro atoms. The highest BCUT2D eigenvalue weighted by atomic mass is 32.2. The van der Waals surface area contributed by atoms with Crippen molar-refractivity contribution in [3.05, 3.63) is 30.3 Å². The summed E-state index contributed by atoms with van der Waals surface area (Å²) in [6.45, 7) is 4.49. The zero-order valence-electron chi connectivity index (χ0n) is 32.3. The Bertz CT molecular complexity index is 1670. The highest BCUT2D eigenvalue weighted by Crippen LogP contribution is 2.36. The number of carboxylic acid groups (broad SMARTS) is 2. The average molecular weight is 810 g/mol. The third-order valence-electron chi connectivity index (χ3n) is 11.1. The molecule has 20 heteroatoms. The van der Waals surface area contributed by atoms with Gasteiger partial charge >= 0.3 is 36.6 Å². The van der Waals surface area contributed by atoms with E-state index in [1.165, 1.54) is 0 Å². The van der Waals surface area contributed by atoms with Gasteiger partial charge in [-0.05, 0) is 32.4 Å². The van der Waals surface area contributed by atoms with Gasteiger partial charge in [-0.25, -0.2) is 37.1 Å². The number of thioether (sulfide) groups is 1. The monoisotopic (exact) mass is 809 g/mol. The number of ether oxygens (including phenoxy) is 2. The van der Waals surface area contributed by atoms with Crippen molar-refractivity contribution >= 4 is 65.3 Å². The Morgan fingerprint density at radius 1 is 0.821 bits per heavy atom. The number of carbonyl (C=O) groups excluding carboxylic acids is 6. The van der Waals surface area contributed by atoms with Gasteiger partial charge in [0.1, 0.15) is 38.5 Å². The van der Waals surface area contributed by atoms with E-state index in [-0.39, 0.29) is 107 Å². The number of anilines is 1. The third-order valence-corrected chi connectivity index (χ3v) is 12.2. The molecule has 3 aliphatic heterocycles. The minimum atomic E-state index is -1.47. The highest BCUT2D eigenvalue weighted by molar-refractivity contribution is 8.00. The molecule has 56 heavy (non-hydrogen) atoms. The first-order valence-corrected chi connectivity index (χ1v) is 19.8. The molecule has 308 valence electrons. The number of fused-ring (bicyclic) bond motifs is 2. The normalized spacial score (nSPS) is 29.6. The number of para-hydroxylation sites is 1. The molecule has 8 unspecified atom stereocenters. The van der Waals surface area contributed by atoms with Crippen LogP contribution < -0.4 is 16.0 Å². The van der Waals surface area contributed by atoms with E-state index >= 15 is 0 Å². The van der Waals surface area contributed by atoms with E-state index in [4.69, 9.17) is 9.47 Å². The van der Waals surface area contributed by atoms with Crippen LogP contribution in [-0.4, -0.2) is 192 Å². The number of nitrogens with one attached hydrogen (secondary N) is 3. The van der Waals surface area contributed by atoms with E-state index in [0.29, 0.717) is 18.5 Å². The summed E-state index contributed by atoms with van der Waals surface area (Å²) in [5, 5.41) is 27.8. The Morgan fingerprint density at radius 2 is 1.38 bits per heavy atom. The summed E-state index contributed by atoms with van der Waals surface area (Å²) in [7, 11) is 3.61. The number of nitrogens with zero attached hydrogens (tertiary/aromatic N) is 4. The van der Waals surface area contributed by atoms with Crippen LogP contribution in [0.4, 0.5) is 5.69 Å². The molecule has 0 aromatic heterocycles. The Hall–Kier alpha value is -4.63. The summed E-state index contributed by atoms with van der Waals surface area (Å²) in [4.78, 5) is 101. The maximum atomic E-state index is 13.8. The van der Waals surface area contributed by atoms with Gasteiger partial charge in [0, 0.05) is 17.9 Å². The topological polar surface area (TPSA) is 232 Å². The molecule has 0 bridgehead atoms. The fourth-order valence-electron chi connectivity index (χ4n) is 8.06. The van der Waals surface area contributed by atoms with Crippen molar-refractivity contribution in [2.45, 2.75) is 51.5 Å². The van der Waals surface area contributed by atoms with Crippen LogP contribution in [0.5, 0.6) is 0 Å². The predicted molar refractivity (Wildman–Crippen MR) is 199 cm³/mol. The zero-order chi connectivity index (χ0) is 41.3. The SMILES string of the molecule is CC[N+]1(CC(=O)O)CC[N+]2(C)CC(=O)OC2[N+](CC)(CC(=O)NC(CCC(=O)NC(C=O)CSCC(=O)Nc2ccccc2)C(=O)O)CC[N+]2(C)CC(=O)OC21. The highest BCUT2D eigenvalue weighted by Gasteiger charge is 2.64. The number of carbonyl (C=O) groups is 8. The Balaban J connectivity index is 1.44. The van der Waals surface area contributed by atoms with Gasteiger partial charge in [-0.2, -0.15) is 0 Å².